The van der Waals surface area contributed by atoms with E-state index in [4.69, 9.17) is 14.6 Å². The second-order valence-corrected chi connectivity index (χ2v) is 11.4. The highest BCUT2D eigenvalue weighted by Crippen LogP contribution is 2.27. The second-order valence-electron chi connectivity index (χ2n) is 9.51. The molecule has 0 radical (unpaired) electrons. The molecule has 10 nitrogen and oxygen atoms in total. The molecule has 2 saturated heterocycles. The first kappa shape index (κ1) is 25.2. The summed E-state index contributed by atoms with van der Waals surface area (Å²) in [6, 6.07) is 9.98. The minimum absolute atomic E-state index is 0.121. The Hall–Kier alpha value is -2.47. The van der Waals surface area contributed by atoms with E-state index in [1.54, 1.807) is 0 Å². The molecule has 0 saturated carbocycles. The Morgan fingerprint density at radius 2 is 1.72 bits per heavy atom. The molecule has 0 bridgehead atoms. The fourth-order valence-corrected chi connectivity index (χ4v) is 6.82. The topological polar surface area (TPSA) is 97.2 Å². The third kappa shape index (κ3) is 5.29. The molecule has 2 fully saturated rings. The van der Waals surface area contributed by atoms with Crippen LogP contribution in [0.15, 0.2) is 30.3 Å². The minimum atomic E-state index is -3.49. The Morgan fingerprint density at radius 3 is 2.42 bits per heavy atom. The predicted molar refractivity (Wildman–Crippen MR) is 134 cm³/mol. The van der Waals surface area contributed by atoms with Crippen molar-refractivity contribution in [3.8, 4) is 17.0 Å². The van der Waals surface area contributed by atoms with E-state index in [-0.39, 0.29) is 11.8 Å². The Balaban J connectivity index is 1.21. The zero-order valence-electron chi connectivity index (χ0n) is 20.8. The van der Waals surface area contributed by atoms with Crippen LogP contribution in [0.1, 0.15) is 31.9 Å². The normalized spacial score (nSPS) is 20.6. The predicted octanol–water partition coefficient (Wildman–Crippen LogP) is 1.97. The first-order valence-electron chi connectivity index (χ1n) is 12.9. The lowest BCUT2D eigenvalue weighted by Crippen LogP contribution is -2.51. The molecule has 0 spiro atoms. The average Bonchev–Trinajstić information content (AvgIpc) is 3.20. The summed E-state index contributed by atoms with van der Waals surface area (Å²) in [5.41, 5.74) is 2.94. The number of morpholine rings is 1. The average molecular weight is 518 g/mol. The largest absolute Gasteiger partial charge is 0.494 e. The van der Waals surface area contributed by atoms with Crippen molar-refractivity contribution in [2.75, 3.05) is 52.5 Å². The van der Waals surface area contributed by atoms with E-state index in [1.807, 2.05) is 40.8 Å². The fourth-order valence-electron chi connectivity index (χ4n) is 5.21. The van der Waals surface area contributed by atoms with Gasteiger partial charge in [0.1, 0.15) is 5.75 Å². The number of rotatable bonds is 6. The number of hydrogen-bond acceptors (Lipinski definition) is 6. The quantitative estimate of drug-likeness (QED) is 0.581. The van der Waals surface area contributed by atoms with Crippen molar-refractivity contribution in [2.45, 2.75) is 39.3 Å². The SMILES string of the molecule is CCOc1ccc(-c2cc3n(n2)CCCN(C(=O)C2CCN(S(=O)(=O)N4CCOCC4)CC2)C3)cc1. The molecule has 2 aromatic rings. The van der Waals surface area contributed by atoms with Gasteiger partial charge in [-0.15, -0.1) is 0 Å². The van der Waals surface area contributed by atoms with Gasteiger partial charge in [-0.1, -0.05) is 0 Å². The van der Waals surface area contributed by atoms with Crippen LogP contribution in [0.25, 0.3) is 11.3 Å². The molecule has 5 rings (SSSR count). The molecule has 196 valence electrons. The summed E-state index contributed by atoms with van der Waals surface area (Å²) in [5.74, 6) is 0.805. The third-order valence-corrected chi connectivity index (χ3v) is 9.25. The maximum atomic E-state index is 13.4. The summed E-state index contributed by atoms with van der Waals surface area (Å²) in [6.45, 7) is 6.97. The van der Waals surface area contributed by atoms with E-state index in [2.05, 4.69) is 6.07 Å². The van der Waals surface area contributed by atoms with E-state index in [1.165, 1.54) is 8.61 Å². The zero-order valence-corrected chi connectivity index (χ0v) is 21.7. The van der Waals surface area contributed by atoms with Crippen LogP contribution in [0, 0.1) is 5.92 Å². The Kier molecular flexibility index (Phi) is 7.61. The number of carbonyl (C=O) groups is 1. The highest BCUT2D eigenvalue weighted by Gasteiger charge is 2.37. The van der Waals surface area contributed by atoms with Gasteiger partial charge in [0.25, 0.3) is 10.2 Å². The standard InChI is InChI=1S/C25H35N5O5S/c1-2-35-23-6-4-20(5-7-23)24-18-22-19-27(10-3-11-30(22)26-24)25(31)21-8-12-28(13-9-21)36(32,33)29-14-16-34-17-15-29/h4-7,18,21H,2-3,8-17,19H2,1H3. The zero-order chi connectivity index (χ0) is 25.1. The second kappa shape index (κ2) is 10.9. The number of carbonyl (C=O) groups excluding carboxylic acids is 1. The summed E-state index contributed by atoms with van der Waals surface area (Å²) < 4.78 is 41.8. The number of hydrogen-bond donors (Lipinski definition) is 0. The van der Waals surface area contributed by atoms with Gasteiger partial charge < -0.3 is 14.4 Å². The molecule has 1 amide bonds. The van der Waals surface area contributed by atoms with E-state index in [0.29, 0.717) is 71.9 Å². The van der Waals surface area contributed by atoms with Crippen LogP contribution in [0.2, 0.25) is 0 Å². The van der Waals surface area contributed by atoms with Crippen molar-refractivity contribution in [1.82, 2.24) is 23.3 Å². The maximum Gasteiger partial charge on any atom is 0.282 e. The molecule has 0 unspecified atom stereocenters. The van der Waals surface area contributed by atoms with Crippen LogP contribution < -0.4 is 4.74 Å². The van der Waals surface area contributed by atoms with Crippen molar-refractivity contribution in [3.63, 3.8) is 0 Å². The van der Waals surface area contributed by atoms with Crippen LogP contribution in [0.3, 0.4) is 0 Å². The molecule has 36 heavy (non-hydrogen) atoms. The summed E-state index contributed by atoms with van der Waals surface area (Å²) in [6.07, 6.45) is 1.94. The van der Waals surface area contributed by atoms with Gasteiger partial charge in [0.05, 0.1) is 37.8 Å². The van der Waals surface area contributed by atoms with Gasteiger partial charge in [-0.2, -0.15) is 22.1 Å². The van der Waals surface area contributed by atoms with Crippen LogP contribution in [0.4, 0.5) is 0 Å². The Morgan fingerprint density at radius 1 is 1.03 bits per heavy atom. The van der Waals surface area contributed by atoms with Gasteiger partial charge in [0.15, 0.2) is 0 Å². The van der Waals surface area contributed by atoms with Crippen LogP contribution in [-0.2, 0) is 32.8 Å². The Bertz CT molecular complexity index is 1150. The van der Waals surface area contributed by atoms with Crippen LogP contribution >= 0.6 is 0 Å². The van der Waals surface area contributed by atoms with E-state index >= 15 is 0 Å². The molecule has 0 atom stereocenters. The molecule has 0 N–H and O–H groups in total. The molecule has 3 aliphatic heterocycles. The molecular weight excluding hydrogens is 482 g/mol. The summed E-state index contributed by atoms with van der Waals surface area (Å²) in [5, 5.41) is 4.80. The smallest absolute Gasteiger partial charge is 0.282 e. The lowest BCUT2D eigenvalue weighted by atomic mass is 9.96. The molecule has 4 heterocycles. The number of aryl methyl sites for hydroxylation is 1. The first-order chi connectivity index (χ1) is 17.5. The Labute approximate surface area is 212 Å². The fraction of sp³-hybridized carbons (Fsp3) is 0.600. The number of nitrogens with zero attached hydrogens (tertiary/aromatic N) is 5. The minimum Gasteiger partial charge on any atom is -0.494 e. The van der Waals surface area contributed by atoms with Gasteiger partial charge in [0, 0.05) is 50.7 Å². The number of ether oxygens (including phenoxy) is 2. The summed E-state index contributed by atoms with van der Waals surface area (Å²) in [4.78, 5) is 15.4. The van der Waals surface area contributed by atoms with Gasteiger partial charge in [-0.05, 0) is 56.5 Å². The molecule has 1 aromatic heterocycles. The highest BCUT2D eigenvalue weighted by atomic mass is 32.2. The van der Waals surface area contributed by atoms with Crippen LogP contribution in [0.5, 0.6) is 5.75 Å². The van der Waals surface area contributed by atoms with E-state index < -0.39 is 10.2 Å². The maximum absolute atomic E-state index is 13.4. The number of amides is 1. The third-order valence-electron chi connectivity index (χ3n) is 7.21. The highest BCUT2D eigenvalue weighted by molar-refractivity contribution is 7.86. The van der Waals surface area contributed by atoms with Crippen molar-refractivity contribution in [1.29, 1.82) is 0 Å². The molecule has 0 aliphatic carbocycles. The number of fused-ring (bicyclic) bond motifs is 1. The first-order valence-corrected chi connectivity index (χ1v) is 14.3. The van der Waals surface area contributed by atoms with Gasteiger partial charge in [-0.3, -0.25) is 9.48 Å². The number of piperidine rings is 1. The molecular formula is C25H35N5O5S. The molecule has 3 aliphatic rings. The number of benzene rings is 1. The van der Waals surface area contributed by atoms with E-state index in [0.717, 1.165) is 35.7 Å². The van der Waals surface area contributed by atoms with Crippen molar-refractivity contribution in [2.24, 2.45) is 5.92 Å². The lowest BCUT2D eigenvalue weighted by molar-refractivity contribution is -0.137. The monoisotopic (exact) mass is 517 g/mol. The van der Waals surface area contributed by atoms with E-state index in [9.17, 15) is 13.2 Å². The van der Waals surface area contributed by atoms with Gasteiger partial charge in [-0.25, -0.2) is 0 Å². The van der Waals surface area contributed by atoms with Crippen molar-refractivity contribution in [3.05, 3.63) is 36.0 Å². The van der Waals surface area contributed by atoms with Gasteiger partial charge in [0.2, 0.25) is 5.91 Å². The number of aromatic nitrogens is 2. The van der Waals surface area contributed by atoms with Crippen molar-refractivity contribution < 1.29 is 22.7 Å². The van der Waals surface area contributed by atoms with Gasteiger partial charge >= 0.3 is 0 Å². The summed E-state index contributed by atoms with van der Waals surface area (Å²) in [7, 11) is -3.49. The van der Waals surface area contributed by atoms with Crippen molar-refractivity contribution >= 4 is 16.1 Å². The van der Waals surface area contributed by atoms with Crippen LogP contribution in [-0.4, -0.2) is 90.2 Å². The lowest BCUT2D eigenvalue weighted by Gasteiger charge is -2.36. The molecule has 1 aromatic carbocycles. The summed E-state index contributed by atoms with van der Waals surface area (Å²) >= 11 is 0. The molecule has 11 heteroatoms.